The van der Waals surface area contributed by atoms with Crippen LogP contribution in [0.2, 0.25) is 0 Å². The summed E-state index contributed by atoms with van der Waals surface area (Å²) in [6.07, 6.45) is 2.20. The number of nitrogens with zero attached hydrogens (tertiary/aromatic N) is 1. The van der Waals surface area contributed by atoms with Crippen LogP contribution in [0, 0.1) is 0 Å². The smallest absolute Gasteiger partial charge is 0.421 e. The van der Waals surface area contributed by atoms with Crippen LogP contribution in [0.25, 0.3) is 0 Å². The summed E-state index contributed by atoms with van der Waals surface area (Å²) in [4.78, 5) is 11.2. The van der Waals surface area contributed by atoms with Gasteiger partial charge in [-0.15, -0.1) is 11.6 Å². The third kappa shape index (κ3) is 4.29. The molecular formula is C10H19ClN2O4S. The van der Waals surface area contributed by atoms with Gasteiger partial charge in [0.05, 0.1) is 6.61 Å². The normalized spacial score (nSPS) is 21.6. The quantitative estimate of drug-likeness (QED) is 0.780. The fraction of sp³-hybridized carbons (Fsp3) is 0.900. The van der Waals surface area contributed by atoms with Gasteiger partial charge in [0.15, 0.2) is 0 Å². The van der Waals surface area contributed by atoms with Gasteiger partial charge in [-0.05, 0) is 26.2 Å². The molecule has 106 valence electrons. The minimum absolute atomic E-state index is 0.131. The van der Waals surface area contributed by atoms with Gasteiger partial charge in [-0.25, -0.2) is 9.52 Å². The molecule has 1 atom stereocenters. The molecule has 1 aliphatic heterocycles. The lowest BCUT2D eigenvalue weighted by Crippen LogP contribution is -2.50. The van der Waals surface area contributed by atoms with Crippen molar-refractivity contribution in [3.8, 4) is 0 Å². The fourth-order valence-electron chi connectivity index (χ4n) is 2.03. The van der Waals surface area contributed by atoms with Gasteiger partial charge >= 0.3 is 16.3 Å². The predicted octanol–water partition coefficient (Wildman–Crippen LogP) is 1.46. The number of carbonyl (C=O) groups excluding carboxylic acids is 1. The summed E-state index contributed by atoms with van der Waals surface area (Å²) >= 11 is 5.67. The maximum atomic E-state index is 12.0. The molecule has 1 amide bonds. The van der Waals surface area contributed by atoms with Crippen LogP contribution in [0.4, 0.5) is 4.79 Å². The molecule has 0 spiro atoms. The van der Waals surface area contributed by atoms with Crippen molar-refractivity contribution in [2.75, 3.05) is 19.0 Å². The van der Waals surface area contributed by atoms with Crippen molar-refractivity contribution in [2.24, 2.45) is 0 Å². The van der Waals surface area contributed by atoms with Crippen LogP contribution in [0.3, 0.4) is 0 Å². The number of piperidine rings is 1. The fourth-order valence-corrected chi connectivity index (χ4v) is 3.64. The summed E-state index contributed by atoms with van der Waals surface area (Å²) in [5.74, 6) is 0.399. The molecule has 6 nitrogen and oxygen atoms in total. The zero-order valence-corrected chi connectivity index (χ0v) is 12.0. The van der Waals surface area contributed by atoms with Crippen molar-refractivity contribution < 1.29 is 17.9 Å². The van der Waals surface area contributed by atoms with Crippen molar-refractivity contribution in [1.29, 1.82) is 0 Å². The Labute approximate surface area is 113 Å². The van der Waals surface area contributed by atoms with Crippen LogP contribution in [0.1, 0.15) is 32.6 Å². The topological polar surface area (TPSA) is 75.7 Å². The minimum atomic E-state index is -3.83. The van der Waals surface area contributed by atoms with E-state index in [0.717, 1.165) is 19.3 Å². The standard InChI is InChI=1S/C10H19ClN2O4S/c1-2-17-10(14)12-18(15,16)13-8-4-3-5-9(13)6-7-11/h9H,2-8H2,1H3,(H,12,14). The van der Waals surface area contributed by atoms with Crippen molar-refractivity contribution in [1.82, 2.24) is 9.03 Å². The summed E-state index contributed by atoms with van der Waals surface area (Å²) in [7, 11) is -3.83. The first-order chi connectivity index (χ1) is 8.51. The number of nitrogens with one attached hydrogen (secondary N) is 1. The highest BCUT2D eigenvalue weighted by Crippen LogP contribution is 2.22. The number of hydrogen-bond acceptors (Lipinski definition) is 4. The second kappa shape index (κ2) is 7.16. The van der Waals surface area contributed by atoms with Crippen molar-refractivity contribution in [2.45, 2.75) is 38.6 Å². The molecule has 1 saturated heterocycles. The van der Waals surface area contributed by atoms with Gasteiger partial charge in [0.1, 0.15) is 0 Å². The van der Waals surface area contributed by atoms with E-state index in [2.05, 4.69) is 4.74 Å². The first-order valence-corrected chi connectivity index (χ1v) is 8.01. The number of rotatable bonds is 5. The lowest BCUT2D eigenvalue weighted by atomic mass is 10.0. The SMILES string of the molecule is CCOC(=O)NS(=O)(=O)N1CCCCC1CCCl. The molecule has 1 rings (SSSR count). The van der Waals surface area contributed by atoms with Gasteiger partial charge in [0, 0.05) is 18.5 Å². The Bertz CT molecular complexity index is 372. The Kier molecular flexibility index (Phi) is 6.17. The summed E-state index contributed by atoms with van der Waals surface area (Å²) in [5.41, 5.74) is 0. The molecule has 1 fully saturated rings. The highest BCUT2D eigenvalue weighted by Gasteiger charge is 2.33. The molecule has 0 radical (unpaired) electrons. The van der Waals surface area contributed by atoms with Gasteiger partial charge in [-0.1, -0.05) is 6.42 Å². The van der Waals surface area contributed by atoms with E-state index >= 15 is 0 Å². The Morgan fingerprint density at radius 3 is 2.83 bits per heavy atom. The zero-order chi connectivity index (χ0) is 13.6. The molecule has 1 heterocycles. The van der Waals surface area contributed by atoms with E-state index in [-0.39, 0.29) is 12.6 Å². The van der Waals surface area contributed by atoms with Gasteiger partial charge in [0.2, 0.25) is 0 Å². The van der Waals surface area contributed by atoms with Gasteiger partial charge in [0.25, 0.3) is 0 Å². The number of alkyl halides is 1. The molecule has 0 aromatic carbocycles. The zero-order valence-electron chi connectivity index (χ0n) is 10.4. The van der Waals surface area contributed by atoms with Crippen LogP contribution in [-0.4, -0.2) is 43.9 Å². The van der Waals surface area contributed by atoms with E-state index in [0.29, 0.717) is 18.8 Å². The first kappa shape index (κ1) is 15.5. The van der Waals surface area contributed by atoms with Crippen LogP contribution < -0.4 is 4.72 Å². The molecular weight excluding hydrogens is 280 g/mol. The number of amides is 1. The predicted molar refractivity (Wildman–Crippen MR) is 68.8 cm³/mol. The van der Waals surface area contributed by atoms with Gasteiger partial charge in [-0.2, -0.15) is 12.7 Å². The lowest BCUT2D eigenvalue weighted by molar-refractivity contribution is 0.157. The molecule has 0 saturated carbocycles. The number of halogens is 1. The second-order valence-corrected chi connectivity index (χ2v) is 6.07. The van der Waals surface area contributed by atoms with Crippen LogP contribution >= 0.6 is 11.6 Å². The molecule has 8 heteroatoms. The lowest BCUT2D eigenvalue weighted by Gasteiger charge is -2.33. The molecule has 0 bridgehead atoms. The van der Waals surface area contributed by atoms with Gasteiger partial charge < -0.3 is 4.74 Å². The van der Waals surface area contributed by atoms with Crippen molar-refractivity contribution in [3.63, 3.8) is 0 Å². The van der Waals surface area contributed by atoms with E-state index in [9.17, 15) is 13.2 Å². The molecule has 0 aromatic rings. The van der Waals surface area contributed by atoms with E-state index in [1.165, 1.54) is 4.31 Å². The minimum Gasteiger partial charge on any atom is -0.449 e. The number of ether oxygens (including phenoxy) is 1. The molecule has 1 aliphatic rings. The van der Waals surface area contributed by atoms with E-state index < -0.39 is 16.3 Å². The van der Waals surface area contributed by atoms with Crippen molar-refractivity contribution in [3.05, 3.63) is 0 Å². The third-order valence-corrected chi connectivity index (χ3v) is 4.55. The second-order valence-electron chi connectivity index (χ2n) is 4.07. The third-order valence-electron chi connectivity index (χ3n) is 2.81. The Morgan fingerprint density at radius 2 is 2.22 bits per heavy atom. The first-order valence-electron chi connectivity index (χ1n) is 6.03. The Morgan fingerprint density at radius 1 is 1.50 bits per heavy atom. The summed E-state index contributed by atoms with van der Waals surface area (Å²) in [5, 5.41) is 0. The van der Waals surface area contributed by atoms with Crippen LogP contribution in [0.15, 0.2) is 0 Å². The van der Waals surface area contributed by atoms with Gasteiger partial charge in [-0.3, -0.25) is 0 Å². The van der Waals surface area contributed by atoms with Crippen LogP contribution in [0.5, 0.6) is 0 Å². The highest BCUT2D eigenvalue weighted by atomic mass is 35.5. The van der Waals surface area contributed by atoms with Crippen molar-refractivity contribution >= 4 is 27.9 Å². The summed E-state index contributed by atoms with van der Waals surface area (Å²) in [6, 6.07) is -0.136. The number of hydrogen-bond donors (Lipinski definition) is 1. The Hall–Kier alpha value is -0.530. The highest BCUT2D eigenvalue weighted by molar-refractivity contribution is 7.87. The van der Waals surface area contributed by atoms with E-state index in [1.54, 1.807) is 6.92 Å². The van der Waals surface area contributed by atoms with E-state index in [1.807, 2.05) is 4.72 Å². The maximum Gasteiger partial charge on any atom is 0.421 e. The maximum absolute atomic E-state index is 12.0. The molecule has 0 aliphatic carbocycles. The average Bonchev–Trinajstić information content (AvgIpc) is 2.29. The Balaban J connectivity index is 2.71. The van der Waals surface area contributed by atoms with E-state index in [4.69, 9.17) is 11.6 Å². The monoisotopic (exact) mass is 298 g/mol. The molecule has 1 unspecified atom stereocenters. The largest absolute Gasteiger partial charge is 0.449 e. The average molecular weight is 299 g/mol. The number of carbonyl (C=O) groups is 1. The molecule has 18 heavy (non-hydrogen) atoms. The van der Waals surface area contributed by atoms with Crippen LogP contribution in [-0.2, 0) is 14.9 Å². The summed E-state index contributed by atoms with van der Waals surface area (Å²) in [6.45, 7) is 2.16. The summed E-state index contributed by atoms with van der Waals surface area (Å²) < 4.78 is 31.9. The molecule has 1 N–H and O–H groups in total. The molecule has 0 aromatic heterocycles.